The van der Waals surface area contributed by atoms with Crippen molar-refractivity contribution in [2.75, 3.05) is 0 Å². The number of hydrogen-bond acceptors (Lipinski definition) is 3. The number of hydrogen-bond donors (Lipinski definition) is 2. The SMILES string of the molecule is CC(C)Oc1ccccc1C(Cc1ccccc1Cl)NN. The van der Waals surface area contributed by atoms with Crippen LogP contribution < -0.4 is 16.0 Å². The number of hydrazine groups is 1. The van der Waals surface area contributed by atoms with Crippen molar-refractivity contribution >= 4 is 11.6 Å². The molecule has 0 saturated carbocycles. The molecule has 1 atom stereocenters. The van der Waals surface area contributed by atoms with Crippen LogP contribution in [0.3, 0.4) is 0 Å². The molecule has 3 N–H and O–H groups in total. The van der Waals surface area contributed by atoms with E-state index in [9.17, 15) is 0 Å². The molecule has 0 bridgehead atoms. The Morgan fingerprint density at radius 1 is 1.10 bits per heavy atom. The number of halogens is 1. The van der Waals surface area contributed by atoms with Crippen molar-refractivity contribution in [3.05, 3.63) is 64.7 Å². The summed E-state index contributed by atoms with van der Waals surface area (Å²) in [6.07, 6.45) is 0.819. The van der Waals surface area contributed by atoms with E-state index in [-0.39, 0.29) is 12.1 Å². The summed E-state index contributed by atoms with van der Waals surface area (Å²) < 4.78 is 5.87. The van der Waals surface area contributed by atoms with Crippen molar-refractivity contribution < 1.29 is 4.74 Å². The number of benzene rings is 2. The first-order chi connectivity index (χ1) is 10.1. The second kappa shape index (κ2) is 7.46. The monoisotopic (exact) mass is 304 g/mol. The molecule has 0 aliphatic heterocycles. The van der Waals surface area contributed by atoms with E-state index in [1.807, 2.05) is 62.4 Å². The highest BCUT2D eigenvalue weighted by molar-refractivity contribution is 6.31. The topological polar surface area (TPSA) is 47.3 Å². The van der Waals surface area contributed by atoms with E-state index < -0.39 is 0 Å². The normalized spacial score (nSPS) is 12.4. The molecule has 0 heterocycles. The van der Waals surface area contributed by atoms with Crippen LogP contribution in [-0.2, 0) is 6.42 Å². The van der Waals surface area contributed by atoms with Crippen LogP contribution in [0.2, 0.25) is 5.02 Å². The van der Waals surface area contributed by atoms with E-state index in [0.717, 1.165) is 21.9 Å². The van der Waals surface area contributed by atoms with Gasteiger partial charge in [0.1, 0.15) is 5.75 Å². The van der Waals surface area contributed by atoms with Gasteiger partial charge in [-0.25, -0.2) is 0 Å². The van der Waals surface area contributed by atoms with Crippen LogP contribution in [-0.4, -0.2) is 6.10 Å². The van der Waals surface area contributed by atoms with Crippen molar-refractivity contribution in [3.63, 3.8) is 0 Å². The van der Waals surface area contributed by atoms with Crippen LogP contribution in [0.1, 0.15) is 31.0 Å². The molecule has 0 aromatic heterocycles. The van der Waals surface area contributed by atoms with Crippen LogP contribution >= 0.6 is 11.6 Å². The molecule has 2 rings (SSSR count). The Bertz CT molecular complexity index is 587. The summed E-state index contributed by atoms with van der Waals surface area (Å²) in [5.41, 5.74) is 4.96. The van der Waals surface area contributed by atoms with Gasteiger partial charge in [-0.3, -0.25) is 11.3 Å². The van der Waals surface area contributed by atoms with Crippen LogP contribution in [0, 0.1) is 0 Å². The van der Waals surface area contributed by atoms with Crippen molar-refractivity contribution in [1.82, 2.24) is 5.43 Å². The first-order valence-electron chi connectivity index (χ1n) is 7.07. The number of ether oxygens (including phenoxy) is 1. The third kappa shape index (κ3) is 4.21. The summed E-state index contributed by atoms with van der Waals surface area (Å²) in [6, 6.07) is 15.7. The third-order valence-electron chi connectivity index (χ3n) is 3.24. The van der Waals surface area contributed by atoms with E-state index in [1.54, 1.807) is 0 Å². The number of nitrogens with two attached hydrogens (primary N) is 1. The van der Waals surface area contributed by atoms with Crippen molar-refractivity contribution in [3.8, 4) is 5.75 Å². The molecular weight excluding hydrogens is 284 g/mol. The maximum atomic E-state index is 6.24. The van der Waals surface area contributed by atoms with Gasteiger partial charge in [0.2, 0.25) is 0 Å². The number of rotatable bonds is 6. The highest BCUT2D eigenvalue weighted by Gasteiger charge is 2.17. The standard InChI is InChI=1S/C17H21ClN2O/c1-12(2)21-17-10-6-4-8-14(17)16(20-19)11-13-7-3-5-9-15(13)18/h3-10,12,16,20H,11,19H2,1-2H3. The summed E-state index contributed by atoms with van der Waals surface area (Å²) in [7, 11) is 0. The van der Waals surface area contributed by atoms with Crippen LogP contribution in [0.4, 0.5) is 0 Å². The molecule has 2 aromatic carbocycles. The fourth-order valence-corrected chi connectivity index (χ4v) is 2.49. The van der Waals surface area contributed by atoms with Gasteiger partial charge >= 0.3 is 0 Å². The van der Waals surface area contributed by atoms with Gasteiger partial charge in [-0.15, -0.1) is 0 Å². The zero-order valence-corrected chi connectivity index (χ0v) is 13.1. The van der Waals surface area contributed by atoms with E-state index in [4.69, 9.17) is 22.2 Å². The average molecular weight is 305 g/mol. The average Bonchev–Trinajstić information content (AvgIpc) is 2.47. The Morgan fingerprint density at radius 2 is 1.76 bits per heavy atom. The summed E-state index contributed by atoms with van der Waals surface area (Å²) in [5, 5.41) is 0.750. The molecule has 4 heteroatoms. The van der Waals surface area contributed by atoms with E-state index in [0.29, 0.717) is 6.42 Å². The lowest BCUT2D eigenvalue weighted by Gasteiger charge is -2.21. The highest BCUT2D eigenvalue weighted by atomic mass is 35.5. The lowest BCUT2D eigenvalue weighted by molar-refractivity contribution is 0.237. The Morgan fingerprint density at radius 3 is 2.43 bits per heavy atom. The Balaban J connectivity index is 2.27. The first kappa shape index (κ1) is 15.8. The minimum absolute atomic E-state index is 0.0557. The smallest absolute Gasteiger partial charge is 0.124 e. The lowest BCUT2D eigenvalue weighted by Crippen LogP contribution is -2.30. The molecule has 0 saturated heterocycles. The molecule has 21 heavy (non-hydrogen) atoms. The Hall–Kier alpha value is -1.55. The molecule has 3 nitrogen and oxygen atoms in total. The zero-order chi connectivity index (χ0) is 15.2. The maximum absolute atomic E-state index is 6.24. The predicted octanol–water partition coefficient (Wildman–Crippen LogP) is 3.87. The largest absolute Gasteiger partial charge is 0.491 e. The van der Waals surface area contributed by atoms with Gasteiger partial charge in [0.15, 0.2) is 0 Å². The van der Waals surface area contributed by atoms with Gasteiger partial charge in [0.05, 0.1) is 12.1 Å². The van der Waals surface area contributed by atoms with Crippen LogP contribution in [0.5, 0.6) is 5.75 Å². The predicted molar refractivity (Wildman–Crippen MR) is 87.4 cm³/mol. The van der Waals surface area contributed by atoms with E-state index in [2.05, 4.69) is 5.43 Å². The molecule has 0 aliphatic carbocycles. The molecule has 0 radical (unpaired) electrons. The molecule has 0 aliphatic rings. The van der Waals surface area contributed by atoms with Gasteiger partial charge in [-0.05, 0) is 38.0 Å². The minimum Gasteiger partial charge on any atom is -0.491 e. The molecule has 112 valence electrons. The fourth-order valence-electron chi connectivity index (χ4n) is 2.27. The molecule has 0 fully saturated rings. The summed E-state index contributed by atoms with van der Waals surface area (Å²) in [5.74, 6) is 6.60. The van der Waals surface area contributed by atoms with Gasteiger partial charge in [-0.2, -0.15) is 0 Å². The summed E-state index contributed by atoms with van der Waals surface area (Å²) in [6.45, 7) is 4.02. The number of para-hydroxylation sites is 1. The van der Waals surface area contributed by atoms with Crippen molar-refractivity contribution in [2.45, 2.75) is 32.4 Å². The molecule has 0 amide bonds. The quantitative estimate of drug-likeness (QED) is 0.629. The number of nitrogens with one attached hydrogen (secondary N) is 1. The van der Waals surface area contributed by atoms with Crippen LogP contribution in [0.25, 0.3) is 0 Å². The minimum atomic E-state index is -0.0557. The van der Waals surface area contributed by atoms with Gasteiger partial charge in [0, 0.05) is 10.6 Å². The lowest BCUT2D eigenvalue weighted by atomic mass is 9.98. The molecule has 0 spiro atoms. The van der Waals surface area contributed by atoms with E-state index in [1.165, 1.54) is 0 Å². The Kier molecular flexibility index (Phi) is 5.62. The van der Waals surface area contributed by atoms with Gasteiger partial charge < -0.3 is 4.74 Å². The van der Waals surface area contributed by atoms with Gasteiger partial charge in [0.25, 0.3) is 0 Å². The first-order valence-corrected chi connectivity index (χ1v) is 7.44. The molecular formula is C17H21ClN2O. The summed E-state index contributed by atoms with van der Waals surface area (Å²) >= 11 is 6.24. The third-order valence-corrected chi connectivity index (χ3v) is 3.61. The van der Waals surface area contributed by atoms with Crippen molar-refractivity contribution in [1.29, 1.82) is 0 Å². The van der Waals surface area contributed by atoms with Crippen molar-refractivity contribution in [2.24, 2.45) is 5.84 Å². The van der Waals surface area contributed by atoms with Crippen LogP contribution in [0.15, 0.2) is 48.5 Å². The van der Waals surface area contributed by atoms with Gasteiger partial charge in [-0.1, -0.05) is 48.0 Å². The zero-order valence-electron chi connectivity index (χ0n) is 12.3. The fraction of sp³-hybridized carbons (Fsp3) is 0.294. The highest BCUT2D eigenvalue weighted by Crippen LogP contribution is 2.29. The molecule has 2 aromatic rings. The maximum Gasteiger partial charge on any atom is 0.124 e. The Labute approximate surface area is 131 Å². The summed E-state index contributed by atoms with van der Waals surface area (Å²) in [4.78, 5) is 0. The molecule has 1 unspecified atom stereocenters. The van der Waals surface area contributed by atoms with E-state index >= 15 is 0 Å². The second-order valence-electron chi connectivity index (χ2n) is 5.22. The second-order valence-corrected chi connectivity index (χ2v) is 5.63.